The maximum absolute atomic E-state index is 12.5. The van der Waals surface area contributed by atoms with Crippen molar-refractivity contribution in [3.05, 3.63) is 95.9 Å². The highest BCUT2D eigenvalue weighted by molar-refractivity contribution is 5.89. The number of anilines is 1. The van der Waals surface area contributed by atoms with Crippen LogP contribution < -0.4 is 10.6 Å². The Labute approximate surface area is 170 Å². The molecule has 0 bridgehead atoms. The molecule has 29 heavy (non-hydrogen) atoms. The van der Waals surface area contributed by atoms with Crippen LogP contribution in [0.2, 0.25) is 0 Å². The zero-order chi connectivity index (χ0) is 20.2. The van der Waals surface area contributed by atoms with Crippen molar-refractivity contribution < 1.29 is 4.79 Å². The molecule has 2 amide bonds. The van der Waals surface area contributed by atoms with Crippen LogP contribution >= 0.6 is 0 Å². The molecule has 2 aromatic heterocycles. The second-order valence-corrected chi connectivity index (χ2v) is 7.26. The molecule has 0 saturated carbocycles. The molecule has 0 radical (unpaired) electrons. The van der Waals surface area contributed by atoms with Gasteiger partial charge in [-0.25, -0.2) is 4.79 Å². The molecule has 4 rings (SSSR count). The molecule has 1 atom stereocenters. The summed E-state index contributed by atoms with van der Waals surface area (Å²) in [5.74, 6) is -0.00180. The summed E-state index contributed by atoms with van der Waals surface area (Å²) in [5, 5.41) is 7.13. The molecule has 0 aliphatic heterocycles. The standard InChI is InChI=1S/C24H24N4O/c1-17-7-5-9-19(13-17)27-24(29)26-15-21(18-8-6-12-25-14-18)22-16-28(2)23-11-4-3-10-20(22)23/h3-14,16,21H,15H2,1-2H3,(H2,26,27,29). The minimum Gasteiger partial charge on any atom is -0.350 e. The first kappa shape index (κ1) is 18.7. The van der Waals surface area contributed by atoms with Crippen LogP contribution in [0.15, 0.2) is 79.3 Å². The molecule has 0 fully saturated rings. The van der Waals surface area contributed by atoms with Crippen molar-refractivity contribution in [2.75, 3.05) is 11.9 Å². The molecule has 146 valence electrons. The lowest BCUT2D eigenvalue weighted by Gasteiger charge is -2.18. The third-order valence-electron chi connectivity index (χ3n) is 5.13. The van der Waals surface area contributed by atoms with E-state index < -0.39 is 0 Å². The van der Waals surface area contributed by atoms with Crippen LogP contribution in [-0.2, 0) is 7.05 Å². The van der Waals surface area contributed by atoms with Crippen molar-refractivity contribution in [2.45, 2.75) is 12.8 Å². The van der Waals surface area contributed by atoms with E-state index in [-0.39, 0.29) is 11.9 Å². The lowest BCUT2D eigenvalue weighted by Crippen LogP contribution is -2.32. The third kappa shape index (κ3) is 4.14. The van der Waals surface area contributed by atoms with Gasteiger partial charge < -0.3 is 15.2 Å². The number of para-hydroxylation sites is 1. The minimum atomic E-state index is -0.218. The Kier molecular flexibility index (Phi) is 5.29. The van der Waals surface area contributed by atoms with Crippen molar-refractivity contribution in [1.29, 1.82) is 0 Å². The van der Waals surface area contributed by atoms with Crippen LogP contribution in [0.25, 0.3) is 10.9 Å². The maximum atomic E-state index is 12.5. The molecule has 1 unspecified atom stereocenters. The Balaban J connectivity index is 1.59. The van der Waals surface area contributed by atoms with E-state index in [2.05, 4.69) is 44.6 Å². The highest BCUT2D eigenvalue weighted by atomic mass is 16.2. The summed E-state index contributed by atoms with van der Waals surface area (Å²) in [6.07, 6.45) is 5.77. The molecule has 2 aromatic carbocycles. The fourth-order valence-electron chi connectivity index (χ4n) is 3.73. The van der Waals surface area contributed by atoms with Crippen LogP contribution in [0.1, 0.15) is 22.6 Å². The van der Waals surface area contributed by atoms with E-state index in [1.807, 2.05) is 62.6 Å². The van der Waals surface area contributed by atoms with Gasteiger partial charge in [0.1, 0.15) is 0 Å². The molecule has 5 nitrogen and oxygen atoms in total. The zero-order valence-electron chi connectivity index (χ0n) is 16.6. The first-order chi connectivity index (χ1) is 14.1. The number of benzene rings is 2. The zero-order valence-corrected chi connectivity index (χ0v) is 16.6. The number of nitrogens with zero attached hydrogens (tertiary/aromatic N) is 2. The Hall–Kier alpha value is -3.60. The van der Waals surface area contributed by atoms with E-state index >= 15 is 0 Å². The van der Waals surface area contributed by atoms with E-state index in [0.29, 0.717) is 6.54 Å². The number of hydrogen-bond donors (Lipinski definition) is 2. The predicted molar refractivity (Wildman–Crippen MR) is 117 cm³/mol. The molecule has 4 aromatic rings. The van der Waals surface area contributed by atoms with Gasteiger partial charge in [0, 0.05) is 54.7 Å². The van der Waals surface area contributed by atoms with E-state index in [1.54, 1.807) is 6.20 Å². The van der Waals surface area contributed by atoms with Gasteiger partial charge in [0.25, 0.3) is 0 Å². The van der Waals surface area contributed by atoms with Gasteiger partial charge in [-0.05, 0) is 47.9 Å². The molecule has 0 aliphatic carbocycles. The quantitative estimate of drug-likeness (QED) is 0.517. The summed E-state index contributed by atoms with van der Waals surface area (Å²) in [6.45, 7) is 2.47. The number of rotatable bonds is 5. The number of carbonyl (C=O) groups excluding carboxylic acids is 1. The number of pyridine rings is 1. The molecule has 2 N–H and O–H groups in total. The lowest BCUT2D eigenvalue weighted by atomic mass is 9.92. The van der Waals surface area contributed by atoms with Crippen LogP contribution in [0, 0.1) is 6.92 Å². The molecule has 0 aliphatic rings. The number of amides is 2. The van der Waals surface area contributed by atoms with Crippen LogP contribution in [0.3, 0.4) is 0 Å². The number of aryl methyl sites for hydroxylation is 2. The van der Waals surface area contributed by atoms with Gasteiger partial charge >= 0.3 is 6.03 Å². The van der Waals surface area contributed by atoms with Gasteiger partial charge in [-0.1, -0.05) is 36.4 Å². The van der Waals surface area contributed by atoms with Gasteiger partial charge in [-0.3, -0.25) is 4.98 Å². The first-order valence-corrected chi connectivity index (χ1v) is 9.67. The van der Waals surface area contributed by atoms with Crippen molar-refractivity contribution in [1.82, 2.24) is 14.9 Å². The molecule has 0 spiro atoms. The maximum Gasteiger partial charge on any atom is 0.319 e. The number of hydrogen-bond acceptors (Lipinski definition) is 2. The van der Waals surface area contributed by atoms with Crippen molar-refractivity contribution in [2.24, 2.45) is 7.05 Å². The number of urea groups is 1. The average molecular weight is 384 g/mol. The van der Waals surface area contributed by atoms with Crippen molar-refractivity contribution in [3.63, 3.8) is 0 Å². The van der Waals surface area contributed by atoms with E-state index in [0.717, 1.165) is 16.8 Å². The normalized spacial score (nSPS) is 11.9. The van der Waals surface area contributed by atoms with E-state index in [9.17, 15) is 4.79 Å². The topological polar surface area (TPSA) is 59.0 Å². The largest absolute Gasteiger partial charge is 0.350 e. The Bertz CT molecular complexity index is 1130. The van der Waals surface area contributed by atoms with Crippen LogP contribution in [-0.4, -0.2) is 22.1 Å². The van der Waals surface area contributed by atoms with Gasteiger partial charge in [-0.15, -0.1) is 0 Å². The number of carbonyl (C=O) groups is 1. The highest BCUT2D eigenvalue weighted by Gasteiger charge is 2.20. The summed E-state index contributed by atoms with van der Waals surface area (Å²) >= 11 is 0. The monoisotopic (exact) mass is 384 g/mol. The molecule has 5 heteroatoms. The number of nitrogens with one attached hydrogen (secondary N) is 2. The summed E-state index contributed by atoms with van der Waals surface area (Å²) in [4.78, 5) is 16.8. The molecular weight excluding hydrogens is 360 g/mol. The highest BCUT2D eigenvalue weighted by Crippen LogP contribution is 2.31. The van der Waals surface area contributed by atoms with Gasteiger partial charge in [0.2, 0.25) is 0 Å². The SMILES string of the molecule is Cc1cccc(NC(=O)NCC(c2cccnc2)c2cn(C)c3ccccc23)c1. The van der Waals surface area contributed by atoms with Gasteiger partial charge in [0.05, 0.1) is 0 Å². The van der Waals surface area contributed by atoms with Crippen molar-refractivity contribution >= 4 is 22.6 Å². The fourth-order valence-corrected chi connectivity index (χ4v) is 3.73. The predicted octanol–water partition coefficient (Wildman–Crippen LogP) is 4.84. The van der Waals surface area contributed by atoms with Crippen molar-refractivity contribution in [3.8, 4) is 0 Å². The first-order valence-electron chi connectivity index (χ1n) is 9.67. The van der Waals surface area contributed by atoms with Gasteiger partial charge in [-0.2, -0.15) is 0 Å². The molecule has 2 heterocycles. The third-order valence-corrected chi connectivity index (χ3v) is 5.13. The summed E-state index contributed by atoms with van der Waals surface area (Å²) < 4.78 is 2.13. The number of aromatic nitrogens is 2. The summed E-state index contributed by atoms with van der Waals surface area (Å²) in [7, 11) is 2.05. The number of fused-ring (bicyclic) bond motifs is 1. The van der Waals surface area contributed by atoms with E-state index in [1.165, 1.54) is 16.5 Å². The van der Waals surface area contributed by atoms with Crippen LogP contribution in [0.5, 0.6) is 0 Å². The van der Waals surface area contributed by atoms with Gasteiger partial charge in [0.15, 0.2) is 0 Å². The fraction of sp³-hybridized carbons (Fsp3) is 0.167. The Morgan fingerprint density at radius 1 is 1.10 bits per heavy atom. The Morgan fingerprint density at radius 2 is 1.97 bits per heavy atom. The second kappa shape index (κ2) is 8.19. The van der Waals surface area contributed by atoms with E-state index in [4.69, 9.17) is 0 Å². The van der Waals surface area contributed by atoms with Crippen LogP contribution in [0.4, 0.5) is 10.5 Å². The lowest BCUT2D eigenvalue weighted by molar-refractivity contribution is 0.252. The smallest absolute Gasteiger partial charge is 0.319 e. The minimum absolute atomic E-state index is 0.00180. The average Bonchev–Trinajstić information content (AvgIpc) is 3.06. The molecule has 0 saturated heterocycles. The molecular formula is C24H24N4O. The summed E-state index contributed by atoms with van der Waals surface area (Å²) in [5.41, 5.74) is 5.30. The summed E-state index contributed by atoms with van der Waals surface area (Å²) in [6, 6.07) is 19.9. The Morgan fingerprint density at radius 3 is 2.76 bits per heavy atom. The second-order valence-electron chi connectivity index (χ2n) is 7.26.